The average molecular weight is 261 g/mol. The Bertz CT molecular complexity index is 552. The number of nitrogens with zero attached hydrogens (tertiary/aromatic N) is 1. The van der Waals surface area contributed by atoms with Crippen LogP contribution in [0.5, 0.6) is 0 Å². The zero-order valence-corrected chi connectivity index (χ0v) is 11.5. The van der Waals surface area contributed by atoms with Gasteiger partial charge < -0.3 is 11.1 Å². The lowest BCUT2D eigenvalue weighted by Crippen LogP contribution is -2.35. The van der Waals surface area contributed by atoms with Gasteiger partial charge in [0, 0.05) is 6.54 Å². The number of benzene rings is 1. The molecule has 0 aliphatic heterocycles. The number of hydrogen-bond donors (Lipinski definition) is 2. The van der Waals surface area contributed by atoms with Gasteiger partial charge in [-0.15, -0.1) is 11.3 Å². The van der Waals surface area contributed by atoms with E-state index in [0.29, 0.717) is 5.41 Å². The summed E-state index contributed by atoms with van der Waals surface area (Å²) >= 11 is 1.64. The van der Waals surface area contributed by atoms with Gasteiger partial charge in [0.25, 0.3) is 0 Å². The van der Waals surface area contributed by atoms with Crippen molar-refractivity contribution in [2.75, 3.05) is 17.6 Å². The number of nitrogen functional groups attached to an aromatic ring is 1. The molecule has 0 spiro atoms. The van der Waals surface area contributed by atoms with Crippen molar-refractivity contribution < 1.29 is 0 Å². The molecule has 2 aromatic rings. The first-order valence-electron chi connectivity index (χ1n) is 6.60. The normalized spacial score (nSPS) is 17.6. The van der Waals surface area contributed by atoms with Crippen LogP contribution in [0.2, 0.25) is 0 Å². The molecule has 1 saturated carbocycles. The van der Waals surface area contributed by atoms with E-state index in [1.54, 1.807) is 11.3 Å². The molecule has 0 saturated heterocycles. The molecular weight excluding hydrogens is 242 g/mol. The molecule has 1 aliphatic carbocycles. The third-order valence-electron chi connectivity index (χ3n) is 4.36. The summed E-state index contributed by atoms with van der Waals surface area (Å²) in [5.41, 5.74) is 11.3. The Labute approximate surface area is 111 Å². The highest BCUT2D eigenvalue weighted by Gasteiger charge is 2.34. The standard InChI is InChI=1S/C14H19N3S/c1-2-14(6-3-7-14)8-16-10-4-5-11-13(12(10)15)17-9-18-11/h4-5,9,16H,2-3,6-8,15H2,1H3. The number of anilines is 2. The fourth-order valence-corrected chi connectivity index (χ4v) is 3.41. The third kappa shape index (κ3) is 1.85. The highest BCUT2D eigenvalue weighted by atomic mass is 32.1. The molecule has 0 radical (unpaired) electrons. The zero-order chi connectivity index (χ0) is 12.6. The second-order valence-electron chi connectivity index (χ2n) is 5.29. The van der Waals surface area contributed by atoms with Gasteiger partial charge in [0.2, 0.25) is 0 Å². The Balaban J connectivity index is 1.80. The first-order valence-corrected chi connectivity index (χ1v) is 7.48. The zero-order valence-electron chi connectivity index (χ0n) is 10.7. The quantitative estimate of drug-likeness (QED) is 0.821. The van der Waals surface area contributed by atoms with Crippen LogP contribution in [0, 0.1) is 5.41 Å². The van der Waals surface area contributed by atoms with Gasteiger partial charge in [0.1, 0.15) is 5.52 Å². The minimum atomic E-state index is 0.503. The van der Waals surface area contributed by atoms with Crippen molar-refractivity contribution in [3.05, 3.63) is 17.6 Å². The summed E-state index contributed by atoms with van der Waals surface area (Å²) in [5.74, 6) is 0. The molecule has 0 unspecified atom stereocenters. The SMILES string of the molecule is CCC1(CNc2ccc3scnc3c2N)CCC1. The Morgan fingerprint density at radius 2 is 2.28 bits per heavy atom. The molecule has 3 N–H and O–H groups in total. The van der Waals surface area contributed by atoms with E-state index in [9.17, 15) is 0 Å². The molecule has 4 heteroatoms. The summed E-state index contributed by atoms with van der Waals surface area (Å²) in [5, 5.41) is 3.53. The van der Waals surface area contributed by atoms with E-state index in [2.05, 4.69) is 29.4 Å². The van der Waals surface area contributed by atoms with Gasteiger partial charge in [-0.05, 0) is 36.8 Å². The van der Waals surface area contributed by atoms with Crippen LogP contribution in [0.3, 0.4) is 0 Å². The molecule has 1 aromatic heterocycles. The van der Waals surface area contributed by atoms with Crippen LogP contribution in [0.1, 0.15) is 32.6 Å². The number of nitrogens with two attached hydrogens (primary N) is 1. The summed E-state index contributed by atoms with van der Waals surface area (Å²) in [6.45, 7) is 3.32. The molecule has 96 valence electrons. The summed E-state index contributed by atoms with van der Waals surface area (Å²) in [6, 6.07) is 4.18. The van der Waals surface area contributed by atoms with Crippen molar-refractivity contribution >= 4 is 32.9 Å². The highest BCUT2D eigenvalue weighted by Crippen LogP contribution is 2.44. The smallest absolute Gasteiger partial charge is 0.106 e. The Hall–Kier alpha value is -1.29. The van der Waals surface area contributed by atoms with Gasteiger partial charge in [-0.1, -0.05) is 13.3 Å². The van der Waals surface area contributed by atoms with Crippen molar-refractivity contribution in [1.29, 1.82) is 0 Å². The van der Waals surface area contributed by atoms with E-state index < -0.39 is 0 Å². The van der Waals surface area contributed by atoms with Gasteiger partial charge in [-0.25, -0.2) is 4.98 Å². The van der Waals surface area contributed by atoms with E-state index in [1.165, 1.54) is 25.7 Å². The molecular formula is C14H19N3S. The predicted molar refractivity (Wildman–Crippen MR) is 79.1 cm³/mol. The molecule has 1 aliphatic rings. The fraction of sp³-hybridized carbons (Fsp3) is 0.500. The van der Waals surface area contributed by atoms with Crippen molar-refractivity contribution in [3.8, 4) is 0 Å². The lowest BCUT2D eigenvalue weighted by atomic mass is 9.67. The molecule has 1 heterocycles. The van der Waals surface area contributed by atoms with Crippen LogP contribution in [0.15, 0.2) is 17.6 Å². The van der Waals surface area contributed by atoms with Gasteiger partial charge >= 0.3 is 0 Å². The topological polar surface area (TPSA) is 50.9 Å². The molecule has 0 bridgehead atoms. The number of fused-ring (bicyclic) bond motifs is 1. The number of rotatable bonds is 4. The van der Waals surface area contributed by atoms with Gasteiger partial charge in [-0.2, -0.15) is 0 Å². The number of hydrogen-bond acceptors (Lipinski definition) is 4. The van der Waals surface area contributed by atoms with Crippen LogP contribution < -0.4 is 11.1 Å². The van der Waals surface area contributed by atoms with Crippen molar-refractivity contribution in [3.63, 3.8) is 0 Å². The van der Waals surface area contributed by atoms with Crippen molar-refractivity contribution in [2.24, 2.45) is 5.41 Å². The molecule has 3 nitrogen and oxygen atoms in total. The maximum Gasteiger partial charge on any atom is 0.106 e. The Morgan fingerprint density at radius 3 is 2.94 bits per heavy atom. The van der Waals surface area contributed by atoms with E-state index in [-0.39, 0.29) is 0 Å². The molecule has 1 fully saturated rings. The molecule has 0 amide bonds. The minimum absolute atomic E-state index is 0.503. The monoisotopic (exact) mass is 261 g/mol. The summed E-state index contributed by atoms with van der Waals surface area (Å²) in [4.78, 5) is 4.33. The first-order chi connectivity index (χ1) is 8.74. The van der Waals surface area contributed by atoms with Crippen LogP contribution in [0.25, 0.3) is 10.2 Å². The Morgan fingerprint density at radius 1 is 1.44 bits per heavy atom. The fourth-order valence-electron chi connectivity index (χ4n) is 2.72. The van der Waals surface area contributed by atoms with Gasteiger partial charge in [0.15, 0.2) is 0 Å². The lowest BCUT2D eigenvalue weighted by Gasteiger charge is -2.41. The Kier molecular flexibility index (Phi) is 2.90. The summed E-state index contributed by atoms with van der Waals surface area (Å²) in [6.07, 6.45) is 5.31. The van der Waals surface area contributed by atoms with E-state index in [1.807, 2.05) is 5.51 Å². The molecule has 0 atom stereocenters. The summed E-state index contributed by atoms with van der Waals surface area (Å²) in [7, 11) is 0. The molecule has 18 heavy (non-hydrogen) atoms. The van der Waals surface area contributed by atoms with Crippen LogP contribution in [-0.2, 0) is 0 Å². The second kappa shape index (κ2) is 4.43. The van der Waals surface area contributed by atoms with E-state index in [4.69, 9.17) is 5.73 Å². The number of thiazole rings is 1. The highest BCUT2D eigenvalue weighted by molar-refractivity contribution is 7.16. The van der Waals surface area contributed by atoms with Crippen LogP contribution in [0.4, 0.5) is 11.4 Å². The lowest BCUT2D eigenvalue weighted by molar-refractivity contribution is 0.145. The number of aromatic nitrogens is 1. The van der Waals surface area contributed by atoms with Crippen LogP contribution in [-0.4, -0.2) is 11.5 Å². The minimum Gasteiger partial charge on any atom is -0.395 e. The first kappa shape index (κ1) is 11.8. The van der Waals surface area contributed by atoms with Crippen molar-refractivity contribution in [2.45, 2.75) is 32.6 Å². The van der Waals surface area contributed by atoms with Gasteiger partial charge in [0.05, 0.1) is 21.6 Å². The average Bonchev–Trinajstić information content (AvgIpc) is 2.80. The summed E-state index contributed by atoms with van der Waals surface area (Å²) < 4.78 is 1.16. The van der Waals surface area contributed by atoms with E-state index in [0.717, 1.165) is 28.1 Å². The maximum atomic E-state index is 6.18. The predicted octanol–water partition coefficient (Wildman–Crippen LogP) is 3.87. The van der Waals surface area contributed by atoms with E-state index >= 15 is 0 Å². The van der Waals surface area contributed by atoms with Crippen LogP contribution >= 0.6 is 11.3 Å². The third-order valence-corrected chi connectivity index (χ3v) is 5.15. The van der Waals surface area contributed by atoms with Gasteiger partial charge in [-0.3, -0.25) is 0 Å². The van der Waals surface area contributed by atoms with Crippen molar-refractivity contribution in [1.82, 2.24) is 4.98 Å². The molecule has 3 rings (SSSR count). The number of nitrogens with one attached hydrogen (secondary N) is 1. The molecule has 1 aromatic carbocycles. The second-order valence-corrected chi connectivity index (χ2v) is 6.17. The largest absolute Gasteiger partial charge is 0.395 e. The maximum absolute atomic E-state index is 6.18.